The minimum absolute atomic E-state index is 0.375. The molecule has 5 nitrogen and oxygen atoms in total. The lowest BCUT2D eigenvalue weighted by molar-refractivity contribution is -0.181. The zero-order valence-electron chi connectivity index (χ0n) is 18.6. The molecular weight excluding hydrogens is 376 g/mol. The summed E-state index contributed by atoms with van der Waals surface area (Å²) in [5.41, 5.74) is 7.41. The van der Waals surface area contributed by atoms with E-state index in [1.54, 1.807) is 0 Å². The van der Waals surface area contributed by atoms with Crippen LogP contribution in [0, 0.1) is 0 Å². The van der Waals surface area contributed by atoms with Gasteiger partial charge in [-0.05, 0) is 92.5 Å². The van der Waals surface area contributed by atoms with Crippen LogP contribution in [0.5, 0.6) is 0 Å². The highest BCUT2D eigenvalue weighted by molar-refractivity contribution is 5.65. The van der Waals surface area contributed by atoms with Gasteiger partial charge in [-0.15, -0.1) is 0 Å². The second-order valence-electron chi connectivity index (χ2n) is 9.47. The number of nitrogens with zero attached hydrogens (tertiary/aromatic N) is 1. The maximum absolute atomic E-state index is 10.1. The summed E-state index contributed by atoms with van der Waals surface area (Å²) in [7, 11) is 2.13. The first kappa shape index (κ1) is 21.3. The van der Waals surface area contributed by atoms with Crippen molar-refractivity contribution in [1.82, 2.24) is 5.32 Å². The van der Waals surface area contributed by atoms with Crippen molar-refractivity contribution in [2.24, 2.45) is 0 Å². The van der Waals surface area contributed by atoms with Gasteiger partial charge in [-0.25, -0.2) is 0 Å². The fraction of sp³-hybridized carbons (Fsp3) is 0.520. The average molecular weight is 411 g/mol. The first-order valence-electron chi connectivity index (χ1n) is 11.0. The van der Waals surface area contributed by atoms with Crippen molar-refractivity contribution in [3.05, 3.63) is 58.7 Å². The van der Waals surface area contributed by atoms with Crippen molar-refractivity contribution < 1.29 is 14.6 Å². The Bertz CT molecular complexity index is 890. The Balaban J connectivity index is 1.46. The fourth-order valence-electron chi connectivity index (χ4n) is 4.46. The molecule has 162 valence electrons. The van der Waals surface area contributed by atoms with Crippen molar-refractivity contribution in [2.45, 2.75) is 71.2 Å². The number of rotatable bonds is 6. The summed E-state index contributed by atoms with van der Waals surface area (Å²) in [6, 6.07) is 13.4. The molecule has 0 saturated heterocycles. The number of nitrogens with one attached hydrogen (secondary N) is 1. The predicted molar refractivity (Wildman–Crippen MR) is 120 cm³/mol. The van der Waals surface area contributed by atoms with Gasteiger partial charge in [0.15, 0.2) is 0 Å². The Labute approximate surface area is 180 Å². The maximum atomic E-state index is 10.1. The molecule has 2 aliphatic rings. The number of ether oxygens (including phenoxy) is 2. The van der Waals surface area contributed by atoms with Crippen LogP contribution in [0.25, 0.3) is 0 Å². The fourth-order valence-corrected chi connectivity index (χ4v) is 4.46. The molecule has 0 spiro atoms. The minimum atomic E-state index is -0.940. The first-order valence-corrected chi connectivity index (χ1v) is 11.0. The molecule has 5 heteroatoms. The van der Waals surface area contributed by atoms with Crippen LogP contribution >= 0.6 is 0 Å². The highest BCUT2D eigenvalue weighted by atomic mass is 16.6. The summed E-state index contributed by atoms with van der Waals surface area (Å²) in [6.07, 6.45) is 2.46. The third-order valence-corrected chi connectivity index (χ3v) is 6.05. The number of aryl methyl sites for hydroxylation is 1. The third kappa shape index (κ3) is 4.86. The topological polar surface area (TPSA) is 54.0 Å². The molecule has 2 aromatic carbocycles. The van der Waals surface area contributed by atoms with Gasteiger partial charge in [-0.3, -0.25) is 5.32 Å². The van der Waals surface area contributed by atoms with E-state index in [0.717, 1.165) is 19.4 Å². The molecule has 30 heavy (non-hydrogen) atoms. The van der Waals surface area contributed by atoms with E-state index >= 15 is 0 Å². The van der Waals surface area contributed by atoms with E-state index in [0.29, 0.717) is 19.1 Å². The molecule has 1 heterocycles. The molecule has 1 aliphatic heterocycles. The van der Waals surface area contributed by atoms with Crippen molar-refractivity contribution in [3.63, 3.8) is 0 Å². The smallest absolute Gasteiger partial charge is 0.214 e. The van der Waals surface area contributed by atoms with Gasteiger partial charge in [0, 0.05) is 25.0 Å². The van der Waals surface area contributed by atoms with Gasteiger partial charge >= 0.3 is 0 Å². The van der Waals surface area contributed by atoms with Crippen LogP contribution in [-0.4, -0.2) is 30.7 Å². The van der Waals surface area contributed by atoms with E-state index < -0.39 is 6.41 Å². The average Bonchev–Trinajstić information content (AvgIpc) is 3.17. The minimum Gasteiger partial charge on any atom is -0.372 e. The third-order valence-electron chi connectivity index (χ3n) is 6.05. The van der Waals surface area contributed by atoms with Gasteiger partial charge in [0.1, 0.15) is 0 Å². The van der Waals surface area contributed by atoms with Crippen molar-refractivity contribution in [1.29, 1.82) is 0 Å². The lowest BCUT2D eigenvalue weighted by atomic mass is 9.82. The highest BCUT2D eigenvalue weighted by Gasteiger charge is 2.23. The van der Waals surface area contributed by atoms with Crippen molar-refractivity contribution in [2.75, 3.05) is 18.5 Å². The highest BCUT2D eigenvalue weighted by Crippen LogP contribution is 2.36. The van der Waals surface area contributed by atoms with Gasteiger partial charge < -0.3 is 19.5 Å². The largest absolute Gasteiger partial charge is 0.372 e. The quantitative estimate of drug-likeness (QED) is 0.683. The lowest BCUT2D eigenvalue weighted by Gasteiger charge is -2.30. The molecule has 0 bridgehead atoms. The molecule has 2 aromatic rings. The summed E-state index contributed by atoms with van der Waals surface area (Å²) in [4.78, 5) is 2.25. The number of anilines is 2. The second-order valence-corrected chi connectivity index (χ2v) is 9.47. The molecule has 1 unspecified atom stereocenters. The zero-order chi connectivity index (χ0) is 21.3. The number of hydrogen-bond donors (Lipinski definition) is 2. The van der Waals surface area contributed by atoms with Crippen LogP contribution in [0.4, 0.5) is 11.4 Å². The van der Waals surface area contributed by atoms with E-state index in [1.165, 1.54) is 40.0 Å². The molecule has 2 atom stereocenters. The standard InChI is InChI=1S/C25H34N2O3/c1-25(2,3)30-24(28)26-14-18-7-5-6-17-12-22(10-11-23(17)18)27(4)21-9-8-19-15-29-16-20(19)13-21/h8-13,18,24,26,28H,5-7,14-16H2,1-4H3/t18-,24?/m0/s1. The van der Waals surface area contributed by atoms with Gasteiger partial charge in [-0.2, -0.15) is 0 Å². The molecule has 0 amide bonds. The monoisotopic (exact) mass is 410 g/mol. The molecular formula is C25H34N2O3. The Kier molecular flexibility index (Phi) is 6.16. The molecule has 0 aromatic heterocycles. The summed E-state index contributed by atoms with van der Waals surface area (Å²) in [5.74, 6) is 0.392. The zero-order valence-corrected chi connectivity index (χ0v) is 18.6. The predicted octanol–water partition coefficient (Wildman–Crippen LogP) is 4.59. The van der Waals surface area contributed by atoms with E-state index in [2.05, 4.69) is 53.7 Å². The first-order chi connectivity index (χ1) is 14.3. The summed E-state index contributed by atoms with van der Waals surface area (Å²) in [5, 5.41) is 13.3. The van der Waals surface area contributed by atoms with Crippen LogP contribution < -0.4 is 10.2 Å². The molecule has 1 aliphatic carbocycles. The van der Waals surface area contributed by atoms with Crippen LogP contribution in [0.2, 0.25) is 0 Å². The SMILES string of the molecule is CN(c1ccc2c(c1)COC2)c1ccc2c(c1)CCC[C@H]2CNC(O)OC(C)(C)C. The Morgan fingerprint density at radius 3 is 2.57 bits per heavy atom. The van der Waals surface area contributed by atoms with Crippen LogP contribution in [0.1, 0.15) is 61.8 Å². The van der Waals surface area contributed by atoms with Gasteiger partial charge in [0.2, 0.25) is 6.41 Å². The summed E-state index contributed by atoms with van der Waals surface area (Å²) in [6.45, 7) is 7.98. The second kappa shape index (κ2) is 8.67. The Morgan fingerprint density at radius 2 is 1.80 bits per heavy atom. The van der Waals surface area contributed by atoms with E-state index in [4.69, 9.17) is 9.47 Å². The Morgan fingerprint density at radius 1 is 1.10 bits per heavy atom. The van der Waals surface area contributed by atoms with E-state index in [9.17, 15) is 5.11 Å². The normalized spacial score (nSPS) is 19.3. The number of benzene rings is 2. The van der Waals surface area contributed by atoms with E-state index in [1.807, 2.05) is 20.8 Å². The molecule has 0 fully saturated rings. The number of fused-ring (bicyclic) bond motifs is 2. The maximum Gasteiger partial charge on any atom is 0.214 e. The Hall–Kier alpha value is -1.92. The number of aliphatic hydroxyl groups is 1. The van der Waals surface area contributed by atoms with Gasteiger partial charge in [0.05, 0.1) is 18.8 Å². The number of aliphatic hydroxyl groups excluding tert-OH is 1. The van der Waals surface area contributed by atoms with Gasteiger partial charge in [-0.1, -0.05) is 12.1 Å². The van der Waals surface area contributed by atoms with Crippen molar-refractivity contribution in [3.8, 4) is 0 Å². The summed E-state index contributed by atoms with van der Waals surface area (Å²) >= 11 is 0. The van der Waals surface area contributed by atoms with Crippen LogP contribution in [-0.2, 0) is 29.1 Å². The van der Waals surface area contributed by atoms with Gasteiger partial charge in [0.25, 0.3) is 0 Å². The van der Waals surface area contributed by atoms with Crippen LogP contribution in [0.15, 0.2) is 36.4 Å². The van der Waals surface area contributed by atoms with Crippen LogP contribution in [0.3, 0.4) is 0 Å². The molecule has 0 radical (unpaired) electrons. The van der Waals surface area contributed by atoms with Crippen molar-refractivity contribution >= 4 is 11.4 Å². The molecule has 4 rings (SSSR count). The number of hydrogen-bond acceptors (Lipinski definition) is 5. The van der Waals surface area contributed by atoms with E-state index in [-0.39, 0.29) is 5.60 Å². The lowest BCUT2D eigenvalue weighted by Crippen LogP contribution is -2.40. The molecule has 0 saturated carbocycles. The molecule has 2 N–H and O–H groups in total. The summed E-state index contributed by atoms with van der Waals surface area (Å²) < 4.78 is 11.1.